The minimum absolute atomic E-state index is 0.168. The fourth-order valence-electron chi connectivity index (χ4n) is 2.17. The van der Waals surface area contributed by atoms with Gasteiger partial charge in [0, 0.05) is 26.3 Å². The standard InChI is InChI=1S/C15H26N2O3S/c1-4-15(16-2)13-8-7-9-14(12-13)21(18,19)17-10-5-6-11-20-3/h7-9,12,15-17H,4-6,10-11H2,1-3H3. The van der Waals surface area contributed by atoms with Crippen LogP contribution in [-0.2, 0) is 14.8 Å². The Labute approximate surface area is 128 Å². The van der Waals surface area contributed by atoms with Crippen LogP contribution < -0.4 is 10.0 Å². The summed E-state index contributed by atoms with van der Waals surface area (Å²) in [5.74, 6) is 0. The van der Waals surface area contributed by atoms with Gasteiger partial charge in [-0.1, -0.05) is 19.1 Å². The predicted octanol–water partition coefficient (Wildman–Crippen LogP) is 2.06. The Morgan fingerprint density at radius 1 is 1.29 bits per heavy atom. The van der Waals surface area contributed by atoms with Gasteiger partial charge in [-0.15, -0.1) is 0 Å². The second kappa shape index (κ2) is 9.15. The molecule has 1 aromatic carbocycles. The van der Waals surface area contributed by atoms with E-state index in [1.165, 1.54) is 0 Å². The lowest BCUT2D eigenvalue weighted by atomic mass is 10.1. The van der Waals surface area contributed by atoms with Gasteiger partial charge in [0.2, 0.25) is 10.0 Å². The Hall–Kier alpha value is -0.950. The molecule has 1 atom stereocenters. The van der Waals surface area contributed by atoms with Crippen molar-refractivity contribution in [3.63, 3.8) is 0 Å². The average Bonchev–Trinajstić information content (AvgIpc) is 2.48. The van der Waals surface area contributed by atoms with Crippen molar-refractivity contribution in [1.29, 1.82) is 0 Å². The highest BCUT2D eigenvalue weighted by Crippen LogP contribution is 2.19. The van der Waals surface area contributed by atoms with Gasteiger partial charge in [-0.3, -0.25) is 0 Å². The number of methoxy groups -OCH3 is 1. The molecule has 1 unspecified atom stereocenters. The quantitative estimate of drug-likeness (QED) is 0.649. The van der Waals surface area contributed by atoms with E-state index in [2.05, 4.69) is 17.0 Å². The third kappa shape index (κ3) is 5.74. The molecule has 0 aromatic heterocycles. The summed E-state index contributed by atoms with van der Waals surface area (Å²) in [6, 6.07) is 7.27. The smallest absolute Gasteiger partial charge is 0.240 e. The summed E-state index contributed by atoms with van der Waals surface area (Å²) in [6.07, 6.45) is 2.52. The Kier molecular flexibility index (Phi) is 7.88. The second-order valence-electron chi connectivity index (χ2n) is 4.92. The molecule has 0 saturated heterocycles. The lowest BCUT2D eigenvalue weighted by Crippen LogP contribution is -2.25. The number of sulfonamides is 1. The topological polar surface area (TPSA) is 67.4 Å². The minimum Gasteiger partial charge on any atom is -0.385 e. The summed E-state index contributed by atoms with van der Waals surface area (Å²) >= 11 is 0. The monoisotopic (exact) mass is 314 g/mol. The summed E-state index contributed by atoms with van der Waals surface area (Å²) in [7, 11) is 0.0803. The molecule has 6 heteroatoms. The number of ether oxygens (including phenoxy) is 1. The molecule has 0 spiro atoms. The summed E-state index contributed by atoms with van der Waals surface area (Å²) < 4.78 is 32.1. The largest absolute Gasteiger partial charge is 0.385 e. The molecule has 120 valence electrons. The first kappa shape index (κ1) is 18.1. The van der Waals surface area contributed by atoms with Gasteiger partial charge in [-0.2, -0.15) is 0 Å². The maximum absolute atomic E-state index is 12.3. The zero-order chi connectivity index (χ0) is 15.7. The van der Waals surface area contributed by atoms with Crippen LogP contribution in [-0.4, -0.2) is 35.7 Å². The lowest BCUT2D eigenvalue weighted by Gasteiger charge is -2.15. The van der Waals surface area contributed by atoms with Crippen molar-refractivity contribution >= 4 is 10.0 Å². The zero-order valence-electron chi connectivity index (χ0n) is 13.1. The van der Waals surface area contributed by atoms with E-state index in [1.54, 1.807) is 25.3 Å². The Morgan fingerprint density at radius 2 is 2.05 bits per heavy atom. The Morgan fingerprint density at radius 3 is 2.67 bits per heavy atom. The maximum Gasteiger partial charge on any atom is 0.240 e. The van der Waals surface area contributed by atoms with Crippen LogP contribution in [0, 0.1) is 0 Å². The Bertz CT molecular complexity index is 513. The van der Waals surface area contributed by atoms with E-state index in [0.29, 0.717) is 18.0 Å². The first-order valence-electron chi connectivity index (χ1n) is 7.31. The van der Waals surface area contributed by atoms with Crippen LogP contribution in [0.5, 0.6) is 0 Å². The minimum atomic E-state index is -3.44. The van der Waals surface area contributed by atoms with Gasteiger partial charge in [0.25, 0.3) is 0 Å². The zero-order valence-corrected chi connectivity index (χ0v) is 13.9. The number of hydrogen-bond acceptors (Lipinski definition) is 4. The van der Waals surface area contributed by atoms with Gasteiger partial charge in [0.05, 0.1) is 4.90 Å². The number of benzene rings is 1. The molecule has 0 aliphatic heterocycles. The number of unbranched alkanes of at least 4 members (excludes halogenated alkanes) is 1. The van der Waals surface area contributed by atoms with Crippen molar-refractivity contribution in [2.24, 2.45) is 0 Å². The highest BCUT2D eigenvalue weighted by atomic mass is 32.2. The summed E-state index contributed by atoms with van der Waals surface area (Å²) in [5, 5.41) is 3.18. The van der Waals surface area contributed by atoms with Crippen molar-refractivity contribution in [3.8, 4) is 0 Å². The molecule has 0 fully saturated rings. The van der Waals surface area contributed by atoms with Gasteiger partial charge in [0.1, 0.15) is 0 Å². The van der Waals surface area contributed by atoms with Crippen LogP contribution >= 0.6 is 0 Å². The summed E-state index contributed by atoms with van der Waals surface area (Å²) in [5.41, 5.74) is 0.988. The van der Waals surface area contributed by atoms with Crippen LogP contribution in [0.1, 0.15) is 37.8 Å². The molecule has 0 heterocycles. The van der Waals surface area contributed by atoms with Crippen molar-refractivity contribution in [3.05, 3.63) is 29.8 Å². The maximum atomic E-state index is 12.3. The average molecular weight is 314 g/mol. The van der Waals surface area contributed by atoms with Crippen LogP contribution in [0.25, 0.3) is 0 Å². The van der Waals surface area contributed by atoms with Crippen molar-refractivity contribution in [2.45, 2.75) is 37.1 Å². The second-order valence-corrected chi connectivity index (χ2v) is 6.69. The molecule has 21 heavy (non-hydrogen) atoms. The third-order valence-electron chi connectivity index (χ3n) is 3.39. The van der Waals surface area contributed by atoms with Gasteiger partial charge >= 0.3 is 0 Å². The molecule has 0 amide bonds. The lowest BCUT2D eigenvalue weighted by molar-refractivity contribution is 0.193. The van der Waals surface area contributed by atoms with E-state index in [4.69, 9.17) is 4.74 Å². The molecule has 1 rings (SSSR count). The molecule has 0 bridgehead atoms. The number of rotatable bonds is 10. The molecule has 0 radical (unpaired) electrons. The SMILES string of the molecule is CCC(NC)c1cccc(S(=O)(=O)NCCCCOC)c1. The van der Waals surface area contributed by atoms with Gasteiger partial charge < -0.3 is 10.1 Å². The van der Waals surface area contributed by atoms with Crippen LogP contribution in [0.3, 0.4) is 0 Å². The van der Waals surface area contributed by atoms with Gasteiger partial charge in [0.15, 0.2) is 0 Å². The van der Waals surface area contributed by atoms with Crippen molar-refractivity contribution < 1.29 is 13.2 Å². The van der Waals surface area contributed by atoms with E-state index in [-0.39, 0.29) is 6.04 Å². The van der Waals surface area contributed by atoms with E-state index in [9.17, 15) is 8.42 Å². The Balaban J connectivity index is 2.72. The van der Waals surface area contributed by atoms with E-state index in [0.717, 1.165) is 24.8 Å². The van der Waals surface area contributed by atoms with Crippen LogP contribution in [0.2, 0.25) is 0 Å². The first-order chi connectivity index (χ1) is 10.0. The fourth-order valence-corrected chi connectivity index (χ4v) is 3.29. The van der Waals surface area contributed by atoms with Gasteiger partial charge in [-0.25, -0.2) is 13.1 Å². The molecule has 2 N–H and O–H groups in total. The highest BCUT2D eigenvalue weighted by Gasteiger charge is 2.15. The molecule has 1 aromatic rings. The number of nitrogens with one attached hydrogen (secondary N) is 2. The highest BCUT2D eigenvalue weighted by molar-refractivity contribution is 7.89. The molecular weight excluding hydrogens is 288 g/mol. The molecule has 0 saturated carbocycles. The molecule has 0 aliphatic rings. The molecular formula is C15H26N2O3S. The first-order valence-corrected chi connectivity index (χ1v) is 8.79. The third-order valence-corrected chi connectivity index (χ3v) is 4.85. The molecule has 5 nitrogen and oxygen atoms in total. The normalized spacial score (nSPS) is 13.3. The fraction of sp³-hybridized carbons (Fsp3) is 0.600. The van der Waals surface area contributed by atoms with E-state index in [1.807, 2.05) is 13.1 Å². The predicted molar refractivity (Wildman–Crippen MR) is 84.8 cm³/mol. The van der Waals surface area contributed by atoms with E-state index >= 15 is 0 Å². The summed E-state index contributed by atoms with van der Waals surface area (Å²) in [4.78, 5) is 0.320. The van der Waals surface area contributed by atoms with E-state index < -0.39 is 10.0 Å². The van der Waals surface area contributed by atoms with Crippen LogP contribution in [0.4, 0.5) is 0 Å². The van der Waals surface area contributed by atoms with Crippen molar-refractivity contribution in [1.82, 2.24) is 10.0 Å². The summed E-state index contributed by atoms with van der Waals surface area (Å²) in [6.45, 7) is 3.15. The number of hydrogen-bond donors (Lipinski definition) is 2. The van der Waals surface area contributed by atoms with Crippen molar-refractivity contribution in [2.75, 3.05) is 27.3 Å². The molecule has 0 aliphatic carbocycles. The van der Waals surface area contributed by atoms with Crippen LogP contribution in [0.15, 0.2) is 29.2 Å². The van der Waals surface area contributed by atoms with Gasteiger partial charge in [-0.05, 0) is 44.0 Å².